The van der Waals surface area contributed by atoms with Gasteiger partial charge in [-0.05, 0) is 0 Å². The van der Waals surface area contributed by atoms with E-state index in [4.69, 9.17) is 5.73 Å². The first-order valence-electron chi connectivity index (χ1n) is 2.47. The predicted octanol–water partition coefficient (Wildman–Crippen LogP) is -0.184. The van der Waals surface area contributed by atoms with E-state index in [0.717, 1.165) is 0 Å². The van der Waals surface area contributed by atoms with Crippen LogP contribution in [0.1, 0.15) is 10.4 Å². The third-order valence-electron chi connectivity index (χ3n) is 0.940. The molecule has 4 nitrogen and oxygen atoms in total. The van der Waals surface area contributed by atoms with Crippen LogP contribution in [0.15, 0.2) is 17.0 Å². The summed E-state index contributed by atoms with van der Waals surface area (Å²) in [4.78, 5) is 10.6. The number of carbonyl (C=O) groups is 1. The van der Waals surface area contributed by atoms with Gasteiger partial charge in [0.25, 0.3) is 0 Å². The molecule has 2 N–H and O–H groups in total. The highest BCUT2D eigenvalue weighted by Crippen LogP contribution is 1.95. The molecule has 0 spiro atoms. The Morgan fingerprint density at radius 2 is 2.67 bits per heavy atom. The minimum atomic E-state index is -0.156. The number of aromatic nitrogens is 1. The summed E-state index contributed by atoms with van der Waals surface area (Å²) >= 11 is 0. The lowest BCUT2D eigenvalue weighted by Gasteiger charge is -1.84. The Morgan fingerprint density at radius 3 is 3.11 bits per heavy atom. The lowest BCUT2D eigenvalue weighted by molar-refractivity contribution is 0.100. The van der Waals surface area contributed by atoms with E-state index >= 15 is 0 Å². The minimum Gasteiger partial charge on any atom is -0.364 e. The summed E-state index contributed by atoms with van der Waals surface area (Å²) in [5.74, 6) is -0.156. The van der Waals surface area contributed by atoms with Crippen molar-refractivity contribution in [3.8, 4) is 0 Å². The van der Waals surface area contributed by atoms with E-state index in [1.807, 2.05) is 0 Å². The number of rotatable bonds is 2. The normalized spacial score (nSPS) is 9.44. The van der Waals surface area contributed by atoms with Gasteiger partial charge in [0, 0.05) is 0 Å². The molecule has 1 aromatic rings. The molecule has 9 heavy (non-hydrogen) atoms. The molecule has 0 aliphatic carbocycles. The van der Waals surface area contributed by atoms with E-state index in [-0.39, 0.29) is 12.3 Å². The molecular weight excluding hydrogens is 120 g/mol. The van der Waals surface area contributed by atoms with E-state index in [2.05, 4.69) is 9.68 Å². The fraction of sp³-hybridized carbons (Fsp3) is 0.200. The molecule has 0 unspecified atom stereocenters. The van der Waals surface area contributed by atoms with E-state index in [1.165, 1.54) is 12.5 Å². The van der Waals surface area contributed by atoms with Crippen molar-refractivity contribution in [2.24, 2.45) is 5.73 Å². The Balaban J connectivity index is 2.77. The van der Waals surface area contributed by atoms with E-state index in [1.54, 1.807) is 0 Å². The molecule has 0 saturated carbocycles. The van der Waals surface area contributed by atoms with Crippen molar-refractivity contribution in [1.29, 1.82) is 0 Å². The third-order valence-corrected chi connectivity index (χ3v) is 0.940. The number of nitrogens with two attached hydrogens (primary N) is 1. The SMILES string of the molecule is NCC(=O)c1cnoc1. The summed E-state index contributed by atoms with van der Waals surface area (Å²) in [6, 6.07) is 0. The lowest BCUT2D eigenvalue weighted by atomic mass is 10.2. The summed E-state index contributed by atoms with van der Waals surface area (Å²) in [5.41, 5.74) is 5.47. The van der Waals surface area contributed by atoms with Crippen LogP contribution in [0.5, 0.6) is 0 Å². The van der Waals surface area contributed by atoms with Crippen LogP contribution in [-0.2, 0) is 0 Å². The van der Waals surface area contributed by atoms with Crippen molar-refractivity contribution in [3.63, 3.8) is 0 Å². The molecule has 4 heteroatoms. The first-order chi connectivity index (χ1) is 4.34. The smallest absolute Gasteiger partial charge is 0.181 e. The van der Waals surface area contributed by atoms with Crippen LogP contribution in [0.25, 0.3) is 0 Å². The summed E-state index contributed by atoms with van der Waals surface area (Å²) in [6.45, 7) is 0.00120. The molecule has 0 bridgehead atoms. The van der Waals surface area contributed by atoms with Gasteiger partial charge >= 0.3 is 0 Å². The molecule has 0 aliphatic rings. The summed E-state index contributed by atoms with van der Waals surface area (Å²) < 4.78 is 4.41. The molecule has 48 valence electrons. The highest BCUT2D eigenvalue weighted by molar-refractivity contribution is 5.96. The second-order valence-electron chi connectivity index (χ2n) is 1.54. The van der Waals surface area contributed by atoms with Gasteiger partial charge < -0.3 is 10.3 Å². The first-order valence-corrected chi connectivity index (χ1v) is 2.47. The van der Waals surface area contributed by atoms with Gasteiger partial charge in [-0.1, -0.05) is 5.16 Å². The number of hydrogen-bond donors (Lipinski definition) is 1. The van der Waals surface area contributed by atoms with Crippen LogP contribution in [0.4, 0.5) is 0 Å². The maximum Gasteiger partial charge on any atom is 0.181 e. The fourth-order valence-corrected chi connectivity index (χ4v) is 0.460. The van der Waals surface area contributed by atoms with Crippen molar-refractivity contribution in [2.75, 3.05) is 6.54 Å². The van der Waals surface area contributed by atoms with Gasteiger partial charge in [-0.25, -0.2) is 0 Å². The average Bonchev–Trinajstić information content (AvgIpc) is 2.37. The zero-order valence-electron chi connectivity index (χ0n) is 4.70. The van der Waals surface area contributed by atoms with E-state index < -0.39 is 0 Å². The van der Waals surface area contributed by atoms with Crippen LogP contribution in [0, 0.1) is 0 Å². The van der Waals surface area contributed by atoms with Gasteiger partial charge in [-0.3, -0.25) is 4.79 Å². The molecule has 1 aromatic heterocycles. The fourth-order valence-electron chi connectivity index (χ4n) is 0.460. The highest BCUT2D eigenvalue weighted by atomic mass is 16.5. The van der Waals surface area contributed by atoms with E-state index in [0.29, 0.717) is 5.56 Å². The van der Waals surface area contributed by atoms with Gasteiger partial charge in [0.15, 0.2) is 5.78 Å². The van der Waals surface area contributed by atoms with Gasteiger partial charge in [0.05, 0.1) is 18.3 Å². The second kappa shape index (κ2) is 2.41. The Hall–Kier alpha value is -1.16. The van der Waals surface area contributed by atoms with Gasteiger partial charge in [0.2, 0.25) is 0 Å². The molecule has 1 heterocycles. The number of hydrogen-bond acceptors (Lipinski definition) is 4. The number of Topliss-reactive ketones (excluding diaryl/α,β-unsaturated/α-hetero) is 1. The third kappa shape index (κ3) is 1.14. The Bertz CT molecular complexity index is 193. The molecular formula is C5H6N2O2. The van der Waals surface area contributed by atoms with Crippen molar-refractivity contribution in [1.82, 2.24) is 5.16 Å². The van der Waals surface area contributed by atoms with Crippen LogP contribution < -0.4 is 5.73 Å². The Kier molecular flexibility index (Phi) is 1.60. The zero-order valence-corrected chi connectivity index (χ0v) is 4.70. The molecule has 0 saturated heterocycles. The van der Waals surface area contributed by atoms with E-state index in [9.17, 15) is 4.79 Å². The van der Waals surface area contributed by atoms with Crippen LogP contribution >= 0.6 is 0 Å². The number of nitrogens with zero attached hydrogens (tertiary/aromatic N) is 1. The second-order valence-corrected chi connectivity index (χ2v) is 1.54. The average molecular weight is 126 g/mol. The van der Waals surface area contributed by atoms with Crippen LogP contribution in [0.2, 0.25) is 0 Å². The summed E-state index contributed by atoms with van der Waals surface area (Å²) in [5, 5.41) is 3.34. The lowest BCUT2D eigenvalue weighted by Crippen LogP contribution is -2.12. The number of carbonyl (C=O) groups excluding carboxylic acids is 1. The van der Waals surface area contributed by atoms with Gasteiger partial charge in [-0.2, -0.15) is 0 Å². The molecule has 0 radical (unpaired) electrons. The zero-order chi connectivity index (χ0) is 6.69. The quantitative estimate of drug-likeness (QED) is 0.558. The molecule has 1 rings (SSSR count). The molecule has 0 atom stereocenters. The monoisotopic (exact) mass is 126 g/mol. The predicted molar refractivity (Wildman–Crippen MR) is 29.9 cm³/mol. The molecule has 0 aromatic carbocycles. The Labute approximate surface area is 51.6 Å². The summed E-state index contributed by atoms with van der Waals surface area (Å²) in [6.07, 6.45) is 2.62. The number of ketones is 1. The minimum absolute atomic E-state index is 0.00120. The molecule has 0 amide bonds. The van der Waals surface area contributed by atoms with Crippen molar-refractivity contribution in [3.05, 3.63) is 18.0 Å². The first kappa shape index (κ1) is 5.97. The maximum absolute atomic E-state index is 10.6. The Morgan fingerprint density at radius 1 is 1.89 bits per heavy atom. The summed E-state index contributed by atoms with van der Waals surface area (Å²) in [7, 11) is 0. The topological polar surface area (TPSA) is 69.1 Å². The standard InChI is InChI=1S/C5H6N2O2/c6-1-5(8)4-2-7-9-3-4/h2-3H,1,6H2. The van der Waals surface area contributed by atoms with Crippen LogP contribution in [-0.4, -0.2) is 17.5 Å². The van der Waals surface area contributed by atoms with Crippen molar-refractivity contribution in [2.45, 2.75) is 0 Å². The molecule has 0 aliphatic heterocycles. The van der Waals surface area contributed by atoms with Crippen LogP contribution in [0.3, 0.4) is 0 Å². The van der Waals surface area contributed by atoms with Gasteiger partial charge in [0.1, 0.15) is 6.26 Å². The largest absolute Gasteiger partial charge is 0.364 e. The molecule has 0 fully saturated rings. The highest BCUT2D eigenvalue weighted by Gasteiger charge is 2.03. The maximum atomic E-state index is 10.6. The van der Waals surface area contributed by atoms with Crippen molar-refractivity contribution < 1.29 is 9.32 Å². The van der Waals surface area contributed by atoms with Gasteiger partial charge in [-0.15, -0.1) is 0 Å². The van der Waals surface area contributed by atoms with Crippen molar-refractivity contribution >= 4 is 5.78 Å².